The Kier molecular flexibility index (Phi) is 5.49. The van der Waals surface area contributed by atoms with Crippen LogP contribution >= 0.6 is 0 Å². The molecule has 0 aliphatic carbocycles. The van der Waals surface area contributed by atoms with Gasteiger partial charge in [0, 0.05) is 0 Å². The van der Waals surface area contributed by atoms with E-state index in [0.29, 0.717) is 5.56 Å². The number of nitriles is 1. The van der Waals surface area contributed by atoms with E-state index in [9.17, 15) is 19.8 Å². The Bertz CT molecular complexity index is 583. The van der Waals surface area contributed by atoms with Crippen molar-refractivity contribution in [2.45, 2.75) is 38.5 Å². The second-order valence-electron chi connectivity index (χ2n) is 5.64. The molecule has 0 aliphatic rings. The van der Waals surface area contributed by atoms with Crippen LogP contribution in [0.1, 0.15) is 38.0 Å². The highest BCUT2D eigenvalue weighted by Crippen LogP contribution is 2.18. The lowest BCUT2D eigenvalue weighted by Crippen LogP contribution is -2.46. The number of hydrogen-bond donors (Lipinski definition) is 3. The number of carboxylic acid groups (broad SMARTS) is 1. The molecule has 1 rings (SSSR count). The summed E-state index contributed by atoms with van der Waals surface area (Å²) in [6.45, 7) is 4.91. The minimum absolute atomic E-state index is 0.266. The predicted octanol–water partition coefficient (Wildman–Crippen LogP) is 1.57. The molecular weight excluding hydrogens is 288 g/mol. The number of alkyl carbamates (subject to hydrolysis) is 1. The van der Waals surface area contributed by atoms with Crippen LogP contribution in [-0.2, 0) is 9.53 Å². The van der Waals surface area contributed by atoms with Crippen molar-refractivity contribution < 1.29 is 24.5 Å². The number of nitrogens with zero attached hydrogens (tertiary/aromatic N) is 1. The third kappa shape index (κ3) is 5.07. The molecule has 118 valence electrons. The first kappa shape index (κ1) is 17.5. The Morgan fingerprint density at radius 1 is 1.27 bits per heavy atom. The van der Waals surface area contributed by atoms with E-state index in [0.717, 1.165) is 0 Å². The Labute approximate surface area is 128 Å². The van der Waals surface area contributed by atoms with Crippen LogP contribution in [0.4, 0.5) is 4.79 Å². The van der Waals surface area contributed by atoms with E-state index < -0.39 is 29.8 Å². The van der Waals surface area contributed by atoms with E-state index in [-0.39, 0.29) is 5.56 Å². The highest BCUT2D eigenvalue weighted by molar-refractivity contribution is 5.80. The number of benzene rings is 1. The van der Waals surface area contributed by atoms with Crippen molar-refractivity contribution in [3.8, 4) is 6.07 Å². The van der Waals surface area contributed by atoms with E-state index in [2.05, 4.69) is 5.32 Å². The zero-order chi connectivity index (χ0) is 16.9. The summed E-state index contributed by atoms with van der Waals surface area (Å²) in [5.41, 5.74) is -0.141. The van der Waals surface area contributed by atoms with E-state index >= 15 is 0 Å². The number of rotatable bonds is 4. The van der Waals surface area contributed by atoms with Gasteiger partial charge in [-0.15, -0.1) is 0 Å². The minimum atomic E-state index is -1.57. The van der Waals surface area contributed by atoms with Gasteiger partial charge in [-0.2, -0.15) is 5.26 Å². The second-order valence-corrected chi connectivity index (χ2v) is 5.64. The molecule has 1 amide bonds. The van der Waals surface area contributed by atoms with Crippen LogP contribution in [0.5, 0.6) is 0 Å². The molecule has 7 nitrogen and oxygen atoms in total. The van der Waals surface area contributed by atoms with Crippen LogP contribution in [0.3, 0.4) is 0 Å². The summed E-state index contributed by atoms with van der Waals surface area (Å²) in [5.74, 6) is -1.40. The fourth-order valence-electron chi connectivity index (χ4n) is 1.66. The van der Waals surface area contributed by atoms with E-state index in [4.69, 9.17) is 10.00 Å². The SMILES string of the molecule is CC(C)(C)OC(=O)N[C@@H](C(=O)O)[C@@H](O)c1ccc(C#N)cc1. The zero-order valence-corrected chi connectivity index (χ0v) is 12.5. The molecule has 0 saturated carbocycles. The minimum Gasteiger partial charge on any atom is -0.480 e. The molecule has 0 aromatic heterocycles. The topological polar surface area (TPSA) is 120 Å². The van der Waals surface area contributed by atoms with Crippen LogP contribution in [0, 0.1) is 11.3 Å². The quantitative estimate of drug-likeness (QED) is 0.776. The molecule has 22 heavy (non-hydrogen) atoms. The summed E-state index contributed by atoms with van der Waals surface area (Å²) < 4.78 is 4.97. The maximum absolute atomic E-state index is 11.7. The number of aliphatic hydroxyl groups is 1. The van der Waals surface area contributed by atoms with Gasteiger partial charge in [0.25, 0.3) is 0 Å². The molecule has 7 heteroatoms. The van der Waals surface area contributed by atoms with Gasteiger partial charge in [-0.05, 0) is 38.5 Å². The summed E-state index contributed by atoms with van der Waals surface area (Å²) in [7, 11) is 0. The predicted molar refractivity (Wildman–Crippen MR) is 76.9 cm³/mol. The standard InChI is InChI=1S/C15H18N2O5/c1-15(2,3)22-14(21)17-11(13(19)20)12(18)10-6-4-9(8-16)5-7-10/h4-7,11-12,18H,1-3H3,(H,17,21)(H,19,20)/t11-,12+/m1/s1. The van der Waals surface area contributed by atoms with Gasteiger partial charge < -0.3 is 20.3 Å². The maximum Gasteiger partial charge on any atom is 0.408 e. The smallest absolute Gasteiger partial charge is 0.408 e. The molecule has 0 unspecified atom stereocenters. The van der Waals surface area contributed by atoms with Crippen molar-refractivity contribution in [1.82, 2.24) is 5.32 Å². The van der Waals surface area contributed by atoms with Crippen LogP contribution in [-0.4, -0.2) is 33.9 Å². The van der Waals surface area contributed by atoms with Gasteiger partial charge in [0.2, 0.25) is 0 Å². The first-order valence-electron chi connectivity index (χ1n) is 6.54. The number of nitrogens with one attached hydrogen (secondary N) is 1. The summed E-state index contributed by atoms with van der Waals surface area (Å²) in [6.07, 6.45) is -2.41. The van der Waals surface area contributed by atoms with Gasteiger partial charge in [0.05, 0.1) is 11.6 Å². The Morgan fingerprint density at radius 2 is 1.82 bits per heavy atom. The molecule has 0 aliphatic heterocycles. The molecule has 3 N–H and O–H groups in total. The van der Waals surface area contributed by atoms with Gasteiger partial charge in [0.15, 0.2) is 6.04 Å². The Balaban J connectivity index is 2.88. The van der Waals surface area contributed by atoms with Crippen molar-refractivity contribution in [2.24, 2.45) is 0 Å². The number of ether oxygens (including phenoxy) is 1. The van der Waals surface area contributed by atoms with E-state index in [1.165, 1.54) is 24.3 Å². The highest BCUT2D eigenvalue weighted by atomic mass is 16.6. The summed E-state index contributed by atoms with van der Waals surface area (Å²) in [6, 6.07) is 6.10. The molecule has 0 bridgehead atoms. The summed E-state index contributed by atoms with van der Waals surface area (Å²) in [5, 5.41) is 30.1. The lowest BCUT2D eigenvalue weighted by molar-refractivity contribution is -0.142. The van der Waals surface area contributed by atoms with Gasteiger partial charge in [-0.25, -0.2) is 9.59 Å². The molecule has 0 saturated heterocycles. The molecule has 0 fully saturated rings. The Hall–Kier alpha value is -2.59. The number of carbonyl (C=O) groups is 2. The van der Waals surface area contributed by atoms with E-state index in [1.807, 2.05) is 6.07 Å². The molecule has 0 radical (unpaired) electrons. The van der Waals surface area contributed by atoms with Crippen LogP contribution < -0.4 is 5.32 Å². The monoisotopic (exact) mass is 306 g/mol. The fourth-order valence-corrected chi connectivity index (χ4v) is 1.66. The number of aliphatic carboxylic acids is 1. The number of aliphatic hydroxyl groups excluding tert-OH is 1. The van der Waals surface area contributed by atoms with Crippen molar-refractivity contribution >= 4 is 12.1 Å². The first-order chi connectivity index (χ1) is 10.1. The van der Waals surface area contributed by atoms with Crippen LogP contribution in [0.2, 0.25) is 0 Å². The Morgan fingerprint density at radius 3 is 2.23 bits per heavy atom. The van der Waals surface area contributed by atoms with E-state index in [1.54, 1.807) is 20.8 Å². The van der Waals surface area contributed by atoms with Crippen LogP contribution in [0.25, 0.3) is 0 Å². The molecule has 1 aromatic rings. The van der Waals surface area contributed by atoms with Gasteiger partial charge in [0.1, 0.15) is 11.7 Å². The largest absolute Gasteiger partial charge is 0.480 e. The average Bonchev–Trinajstić information content (AvgIpc) is 2.42. The molecule has 2 atom stereocenters. The average molecular weight is 306 g/mol. The molecule has 1 aromatic carbocycles. The number of hydrogen-bond acceptors (Lipinski definition) is 5. The summed E-state index contributed by atoms with van der Waals surface area (Å²) >= 11 is 0. The number of amides is 1. The lowest BCUT2D eigenvalue weighted by atomic mass is 10.0. The van der Waals surface area contributed by atoms with Crippen molar-refractivity contribution in [2.75, 3.05) is 0 Å². The summed E-state index contributed by atoms with van der Waals surface area (Å²) in [4.78, 5) is 22.9. The van der Waals surface area contributed by atoms with Gasteiger partial charge in [-0.3, -0.25) is 0 Å². The van der Waals surface area contributed by atoms with Gasteiger partial charge >= 0.3 is 12.1 Å². The zero-order valence-electron chi connectivity index (χ0n) is 12.5. The molecule has 0 heterocycles. The third-order valence-corrected chi connectivity index (χ3v) is 2.64. The second kappa shape index (κ2) is 6.91. The van der Waals surface area contributed by atoms with Crippen LogP contribution in [0.15, 0.2) is 24.3 Å². The maximum atomic E-state index is 11.7. The van der Waals surface area contributed by atoms with Gasteiger partial charge in [-0.1, -0.05) is 12.1 Å². The fraction of sp³-hybridized carbons (Fsp3) is 0.400. The number of carbonyl (C=O) groups excluding carboxylic acids is 1. The first-order valence-corrected chi connectivity index (χ1v) is 6.54. The third-order valence-electron chi connectivity index (χ3n) is 2.64. The molecular formula is C15H18N2O5. The van der Waals surface area contributed by atoms with Crippen molar-refractivity contribution in [3.05, 3.63) is 35.4 Å². The normalized spacial score (nSPS) is 13.6. The lowest BCUT2D eigenvalue weighted by Gasteiger charge is -2.24. The van der Waals surface area contributed by atoms with Crippen molar-refractivity contribution in [1.29, 1.82) is 5.26 Å². The van der Waals surface area contributed by atoms with Crippen molar-refractivity contribution in [3.63, 3.8) is 0 Å². The highest BCUT2D eigenvalue weighted by Gasteiger charge is 2.31. The molecule has 0 spiro atoms. The number of carboxylic acids is 1.